The van der Waals surface area contributed by atoms with Crippen molar-refractivity contribution < 1.29 is 9.90 Å². The van der Waals surface area contributed by atoms with Gasteiger partial charge in [0.15, 0.2) is 0 Å². The maximum atomic E-state index is 11.8. The molecule has 3 N–H and O–H groups in total. The summed E-state index contributed by atoms with van der Waals surface area (Å²) < 4.78 is 0. The molecule has 2 unspecified atom stereocenters. The summed E-state index contributed by atoms with van der Waals surface area (Å²) in [6, 6.07) is 3.71. The maximum absolute atomic E-state index is 11.8. The molecule has 3 heterocycles. The zero-order chi connectivity index (χ0) is 19.5. The largest absolute Gasteiger partial charge is 0.481 e. The Morgan fingerprint density at radius 1 is 1.21 bits per heavy atom. The number of nitrogens with one attached hydrogen (secondary N) is 2. The number of carboxylic acids is 1. The zero-order valence-corrected chi connectivity index (χ0v) is 16.3. The average molecular weight is 384 g/mol. The summed E-state index contributed by atoms with van der Waals surface area (Å²) in [7, 11) is 0. The van der Waals surface area contributed by atoms with E-state index in [-0.39, 0.29) is 5.92 Å². The van der Waals surface area contributed by atoms with Crippen LogP contribution in [0.25, 0.3) is 0 Å². The second-order valence-corrected chi connectivity index (χ2v) is 8.12. The number of rotatable bonds is 5. The van der Waals surface area contributed by atoms with Gasteiger partial charge in [-0.05, 0) is 25.2 Å². The monoisotopic (exact) mass is 384 g/mol. The molecular weight excluding hydrogens is 356 g/mol. The molecule has 0 spiro atoms. The number of hydrogen-bond donors (Lipinski definition) is 3. The molecule has 28 heavy (non-hydrogen) atoms. The van der Waals surface area contributed by atoms with Gasteiger partial charge in [0.05, 0.1) is 12.1 Å². The minimum absolute atomic E-state index is 0.367. The summed E-state index contributed by atoms with van der Waals surface area (Å²) in [4.78, 5) is 23.2. The Balaban J connectivity index is 1.57. The molecule has 2 atom stereocenters. The molecule has 1 saturated heterocycles. The number of aryl methyl sites for hydroxylation is 1. The van der Waals surface area contributed by atoms with Crippen LogP contribution in [0.4, 0.5) is 17.6 Å². The van der Waals surface area contributed by atoms with Crippen LogP contribution in [0.15, 0.2) is 18.3 Å². The van der Waals surface area contributed by atoms with Crippen molar-refractivity contribution >= 4 is 23.6 Å². The van der Waals surface area contributed by atoms with Gasteiger partial charge in [-0.25, -0.2) is 4.98 Å². The van der Waals surface area contributed by atoms with Crippen LogP contribution in [0.2, 0.25) is 0 Å². The van der Waals surface area contributed by atoms with Crippen molar-refractivity contribution in [2.24, 2.45) is 17.8 Å². The van der Waals surface area contributed by atoms with E-state index in [1.54, 1.807) is 6.20 Å². The van der Waals surface area contributed by atoms with Crippen molar-refractivity contribution in [2.75, 3.05) is 23.3 Å². The van der Waals surface area contributed by atoms with Gasteiger partial charge >= 0.3 is 5.97 Å². The normalized spacial score (nSPS) is 23.5. The van der Waals surface area contributed by atoms with Crippen LogP contribution >= 0.6 is 0 Å². The highest BCUT2D eigenvalue weighted by molar-refractivity contribution is 5.71. The Morgan fingerprint density at radius 3 is 2.75 bits per heavy atom. The molecule has 2 aromatic heterocycles. The predicted octanol–water partition coefficient (Wildman–Crippen LogP) is 3.36. The SMILES string of the molecule is Cc1cc(Nc2ccn[nH]2)nc(N2CC(C(=O)O)CC(C3CCCCC3)C2)n1. The highest BCUT2D eigenvalue weighted by atomic mass is 16.4. The lowest BCUT2D eigenvalue weighted by Gasteiger charge is -2.41. The first-order chi connectivity index (χ1) is 13.6. The summed E-state index contributed by atoms with van der Waals surface area (Å²) in [6.45, 7) is 3.23. The maximum Gasteiger partial charge on any atom is 0.308 e. The highest BCUT2D eigenvalue weighted by Crippen LogP contribution is 2.37. The Kier molecular flexibility index (Phi) is 5.45. The predicted molar refractivity (Wildman–Crippen MR) is 107 cm³/mol. The number of aliphatic carboxylic acids is 1. The van der Waals surface area contributed by atoms with Crippen molar-refractivity contribution in [1.29, 1.82) is 0 Å². The number of hydrogen-bond acceptors (Lipinski definition) is 6. The second-order valence-electron chi connectivity index (χ2n) is 8.12. The average Bonchev–Trinajstić information content (AvgIpc) is 3.21. The molecule has 1 aliphatic heterocycles. The fourth-order valence-corrected chi connectivity index (χ4v) is 4.65. The lowest BCUT2D eigenvalue weighted by molar-refractivity contribution is -0.142. The van der Waals surface area contributed by atoms with Crippen molar-refractivity contribution in [2.45, 2.75) is 45.4 Å². The highest BCUT2D eigenvalue weighted by Gasteiger charge is 2.36. The van der Waals surface area contributed by atoms with E-state index < -0.39 is 5.97 Å². The quantitative estimate of drug-likeness (QED) is 0.725. The van der Waals surface area contributed by atoms with Crippen LogP contribution in [0.1, 0.15) is 44.2 Å². The van der Waals surface area contributed by atoms with Crippen molar-refractivity contribution in [3.8, 4) is 0 Å². The van der Waals surface area contributed by atoms with Crippen molar-refractivity contribution in [3.63, 3.8) is 0 Å². The number of anilines is 3. The van der Waals surface area contributed by atoms with Gasteiger partial charge < -0.3 is 15.3 Å². The third-order valence-corrected chi connectivity index (χ3v) is 6.04. The number of carboxylic acid groups (broad SMARTS) is 1. The number of aromatic amines is 1. The lowest BCUT2D eigenvalue weighted by Crippen LogP contribution is -2.46. The Bertz CT molecular complexity index is 803. The standard InChI is InChI=1S/C20H28N6O2/c1-13-9-18(23-17-7-8-21-25-17)24-20(22-13)26-11-15(10-16(12-26)19(27)28)14-5-3-2-4-6-14/h7-9,14-16H,2-6,10-12H2,1H3,(H,27,28)(H2,21,22,23,24,25). The van der Waals surface area contributed by atoms with Crippen LogP contribution in [-0.2, 0) is 4.79 Å². The number of H-pyrrole nitrogens is 1. The zero-order valence-electron chi connectivity index (χ0n) is 16.3. The molecule has 2 aromatic rings. The minimum atomic E-state index is -0.714. The van der Waals surface area contributed by atoms with E-state index in [1.807, 2.05) is 19.1 Å². The minimum Gasteiger partial charge on any atom is -0.481 e. The first-order valence-electron chi connectivity index (χ1n) is 10.2. The first kappa shape index (κ1) is 18.7. The molecule has 150 valence electrons. The van der Waals surface area contributed by atoms with Gasteiger partial charge in [0, 0.05) is 30.9 Å². The van der Waals surface area contributed by atoms with Gasteiger partial charge in [0.2, 0.25) is 5.95 Å². The second kappa shape index (κ2) is 8.16. The molecule has 8 heteroatoms. The molecule has 1 aliphatic carbocycles. The lowest BCUT2D eigenvalue weighted by atomic mass is 9.74. The molecule has 0 amide bonds. The topological polar surface area (TPSA) is 107 Å². The van der Waals surface area contributed by atoms with Gasteiger partial charge in [-0.15, -0.1) is 0 Å². The first-order valence-corrected chi connectivity index (χ1v) is 10.2. The van der Waals surface area contributed by atoms with Gasteiger partial charge in [0.25, 0.3) is 0 Å². The molecule has 0 aromatic carbocycles. The number of carbonyl (C=O) groups is 1. The summed E-state index contributed by atoms with van der Waals surface area (Å²) in [5, 5.41) is 19.7. The van der Waals surface area contributed by atoms with Crippen LogP contribution < -0.4 is 10.2 Å². The van der Waals surface area contributed by atoms with Crippen LogP contribution in [0, 0.1) is 24.7 Å². The number of piperidine rings is 1. The van der Waals surface area contributed by atoms with Crippen LogP contribution in [0.5, 0.6) is 0 Å². The van der Waals surface area contributed by atoms with Gasteiger partial charge in [-0.3, -0.25) is 9.89 Å². The molecule has 0 radical (unpaired) electrons. The van der Waals surface area contributed by atoms with E-state index in [2.05, 4.69) is 30.4 Å². The van der Waals surface area contributed by atoms with E-state index in [1.165, 1.54) is 32.1 Å². The van der Waals surface area contributed by atoms with Crippen molar-refractivity contribution in [3.05, 3.63) is 24.0 Å². The summed E-state index contributed by atoms with van der Waals surface area (Å²) in [5.41, 5.74) is 0.846. The van der Waals surface area contributed by atoms with Crippen LogP contribution in [0.3, 0.4) is 0 Å². The third kappa shape index (κ3) is 4.26. The summed E-state index contributed by atoms with van der Waals surface area (Å²) >= 11 is 0. The van der Waals surface area contributed by atoms with E-state index in [4.69, 9.17) is 0 Å². The van der Waals surface area contributed by atoms with Crippen molar-refractivity contribution in [1.82, 2.24) is 20.2 Å². The van der Waals surface area contributed by atoms with E-state index in [0.717, 1.165) is 24.5 Å². The molecule has 4 rings (SSSR count). The Hall–Kier alpha value is -2.64. The third-order valence-electron chi connectivity index (χ3n) is 6.04. The summed E-state index contributed by atoms with van der Waals surface area (Å²) in [6.07, 6.45) is 8.70. The number of nitrogens with zero attached hydrogens (tertiary/aromatic N) is 4. The van der Waals surface area contributed by atoms with Gasteiger partial charge in [-0.2, -0.15) is 10.1 Å². The molecule has 2 aliphatic rings. The summed E-state index contributed by atoms with van der Waals surface area (Å²) in [5.74, 6) is 1.97. The Labute approximate surface area is 164 Å². The fraction of sp³-hybridized carbons (Fsp3) is 0.600. The van der Waals surface area contributed by atoms with E-state index in [9.17, 15) is 9.90 Å². The van der Waals surface area contributed by atoms with Crippen LogP contribution in [-0.4, -0.2) is 44.3 Å². The molecule has 8 nitrogen and oxygen atoms in total. The molecule has 1 saturated carbocycles. The van der Waals surface area contributed by atoms with E-state index in [0.29, 0.717) is 30.1 Å². The molecule has 0 bridgehead atoms. The van der Waals surface area contributed by atoms with Gasteiger partial charge in [0.1, 0.15) is 11.6 Å². The van der Waals surface area contributed by atoms with Gasteiger partial charge in [-0.1, -0.05) is 32.1 Å². The fourth-order valence-electron chi connectivity index (χ4n) is 4.65. The molecule has 2 fully saturated rings. The van der Waals surface area contributed by atoms with E-state index >= 15 is 0 Å². The smallest absolute Gasteiger partial charge is 0.308 e. The Morgan fingerprint density at radius 2 is 2.04 bits per heavy atom. The molecular formula is C20H28N6O2. The number of aromatic nitrogens is 4.